The molecule has 5 rings (SSSR count). The van der Waals surface area contributed by atoms with Crippen LogP contribution in [0.1, 0.15) is 73.8 Å². The number of fused-ring (bicyclic) bond motifs is 1. The summed E-state index contributed by atoms with van der Waals surface area (Å²) in [5, 5.41) is 16.7. The molecule has 1 aliphatic heterocycles. The molecule has 1 unspecified atom stereocenters. The number of aromatic nitrogens is 4. The molecule has 3 heterocycles. The Balaban J connectivity index is 1.37. The molecule has 1 saturated carbocycles. The molecule has 2 radical (unpaired) electrons. The van der Waals surface area contributed by atoms with Gasteiger partial charge in [0, 0.05) is 17.8 Å². The van der Waals surface area contributed by atoms with Crippen LogP contribution in [-0.4, -0.2) is 59.7 Å². The first-order valence-corrected chi connectivity index (χ1v) is 15.3. The Morgan fingerprint density at radius 2 is 2.00 bits per heavy atom. The summed E-state index contributed by atoms with van der Waals surface area (Å²) in [4.78, 5) is 22.4. The molecule has 0 saturated heterocycles. The number of nitrogens with zero attached hydrogens (tertiary/aromatic N) is 4. The molecule has 3 aromatic rings. The van der Waals surface area contributed by atoms with E-state index in [1.54, 1.807) is 4.52 Å². The van der Waals surface area contributed by atoms with Crippen molar-refractivity contribution in [3.63, 3.8) is 0 Å². The van der Waals surface area contributed by atoms with Gasteiger partial charge in [0.1, 0.15) is 0 Å². The summed E-state index contributed by atoms with van der Waals surface area (Å²) < 4.78 is 13.9. The van der Waals surface area contributed by atoms with E-state index >= 15 is 0 Å². The van der Waals surface area contributed by atoms with Gasteiger partial charge in [-0.25, -0.2) is 14.3 Å². The molecule has 1 aliphatic carbocycles. The fourth-order valence-electron chi connectivity index (χ4n) is 6.15. The van der Waals surface area contributed by atoms with Crippen LogP contribution in [0.15, 0.2) is 35.6 Å². The van der Waals surface area contributed by atoms with E-state index < -0.39 is 11.6 Å². The van der Waals surface area contributed by atoms with Crippen molar-refractivity contribution in [3.8, 4) is 5.75 Å². The van der Waals surface area contributed by atoms with Crippen molar-refractivity contribution in [3.05, 3.63) is 63.9 Å². The summed E-state index contributed by atoms with van der Waals surface area (Å²) in [6, 6.07) is 8.31. The number of aryl methyl sites for hydroxylation is 4. The fraction of sp³-hybridized carbons (Fsp3) is 0.533. The van der Waals surface area contributed by atoms with Crippen molar-refractivity contribution in [2.24, 2.45) is 5.92 Å². The van der Waals surface area contributed by atoms with E-state index in [-0.39, 0.29) is 23.7 Å². The van der Waals surface area contributed by atoms with E-state index in [0.717, 1.165) is 60.9 Å². The van der Waals surface area contributed by atoms with Crippen molar-refractivity contribution >= 4 is 28.6 Å². The minimum atomic E-state index is -0.704. The predicted molar refractivity (Wildman–Crippen MR) is 149 cm³/mol. The molecule has 1 N–H and O–H groups in total. The molecule has 0 amide bonds. The SMILES string of the molecule is CCc1cc(CCC2(C3CCCC3)CC(O)=C(Cc3nc4nc(C)cc(C)n4n3)C(=O)O2)ccc1OCC[As]. The van der Waals surface area contributed by atoms with Crippen LogP contribution < -0.4 is 4.74 Å². The first-order chi connectivity index (χ1) is 18.8. The number of hydrogen-bond donors (Lipinski definition) is 1. The molecule has 1 atom stereocenters. The first kappa shape index (κ1) is 27.7. The molecule has 206 valence electrons. The average molecular weight is 593 g/mol. The van der Waals surface area contributed by atoms with Gasteiger partial charge >= 0.3 is 142 Å². The number of rotatable bonds is 10. The van der Waals surface area contributed by atoms with Crippen LogP contribution >= 0.6 is 0 Å². The zero-order chi connectivity index (χ0) is 27.6. The third-order valence-electron chi connectivity index (χ3n) is 8.15. The van der Waals surface area contributed by atoms with Gasteiger partial charge < -0.3 is 5.11 Å². The van der Waals surface area contributed by atoms with Crippen molar-refractivity contribution in [1.29, 1.82) is 0 Å². The molecule has 39 heavy (non-hydrogen) atoms. The van der Waals surface area contributed by atoms with Crippen LogP contribution in [0.5, 0.6) is 5.75 Å². The van der Waals surface area contributed by atoms with Gasteiger partial charge in [-0.15, -0.1) is 5.10 Å². The number of aliphatic hydroxyl groups excluding tert-OH is 1. The molecule has 9 heteroatoms. The normalized spacial score (nSPS) is 20.2. The number of benzene rings is 1. The van der Waals surface area contributed by atoms with Crippen LogP contribution in [0, 0.1) is 19.8 Å². The van der Waals surface area contributed by atoms with E-state index in [4.69, 9.17) is 9.47 Å². The number of ether oxygens (including phenoxy) is 2. The number of esters is 1. The molecule has 0 spiro atoms. The second-order valence-electron chi connectivity index (χ2n) is 10.9. The van der Waals surface area contributed by atoms with Crippen LogP contribution in [0.4, 0.5) is 0 Å². The zero-order valence-electron chi connectivity index (χ0n) is 23.1. The molecular weight excluding hydrogens is 555 g/mol. The van der Waals surface area contributed by atoms with Gasteiger partial charge in [-0.1, -0.05) is 12.8 Å². The van der Waals surface area contributed by atoms with Gasteiger partial charge in [-0.3, -0.25) is 0 Å². The maximum atomic E-state index is 13.4. The van der Waals surface area contributed by atoms with Crippen LogP contribution in [0.2, 0.25) is 5.21 Å². The summed E-state index contributed by atoms with van der Waals surface area (Å²) in [6.07, 6.45) is 7.05. The van der Waals surface area contributed by atoms with E-state index in [0.29, 0.717) is 31.1 Å². The van der Waals surface area contributed by atoms with Crippen molar-refractivity contribution in [2.45, 2.75) is 89.4 Å². The van der Waals surface area contributed by atoms with Gasteiger partial charge in [-0.05, 0) is 19.9 Å². The van der Waals surface area contributed by atoms with Gasteiger partial charge in [-0.2, -0.15) is 4.98 Å². The molecule has 1 aromatic carbocycles. The van der Waals surface area contributed by atoms with Crippen LogP contribution in [0.25, 0.3) is 5.78 Å². The summed E-state index contributed by atoms with van der Waals surface area (Å²) in [5.41, 5.74) is 3.70. The molecule has 0 bridgehead atoms. The quantitative estimate of drug-likeness (QED) is 0.257. The number of cyclic esters (lactones) is 1. The van der Waals surface area contributed by atoms with E-state index in [2.05, 4.69) is 57.0 Å². The number of hydrogen-bond acceptors (Lipinski definition) is 7. The minimum absolute atomic E-state index is 0.105. The number of aliphatic hydroxyl groups is 1. The summed E-state index contributed by atoms with van der Waals surface area (Å²) in [5.74, 6) is 1.76. The molecular formula is C30H37AsN4O4. The Kier molecular flexibility index (Phi) is 8.32. The van der Waals surface area contributed by atoms with Gasteiger partial charge in [0.05, 0.1) is 5.57 Å². The maximum absolute atomic E-state index is 13.4. The summed E-state index contributed by atoms with van der Waals surface area (Å²) >= 11 is 2.54. The molecule has 2 aliphatic rings. The van der Waals surface area contributed by atoms with Crippen molar-refractivity contribution in [2.75, 3.05) is 6.61 Å². The summed E-state index contributed by atoms with van der Waals surface area (Å²) in [6.45, 7) is 6.67. The van der Waals surface area contributed by atoms with E-state index in [9.17, 15) is 9.90 Å². The number of carbonyl (C=O) groups excluding carboxylic acids is 1. The standard InChI is InChI=1S/C30H37AsN4O4/c1-4-22-16-21(9-10-26(22)38-14-13-31)11-12-30(23-7-5-6-8-23)18-25(36)24(28(37)39-30)17-27-33-29-32-19(2)15-20(3)35(29)34-27/h9-10,15-16,23,36H,4-8,11-14,17-18H2,1-3H3. The third kappa shape index (κ3) is 5.86. The predicted octanol–water partition coefficient (Wildman–Crippen LogP) is 5.13. The first-order valence-electron chi connectivity index (χ1n) is 14.0. The summed E-state index contributed by atoms with van der Waals surface area (Å²) in [7, 11) is 0. The second-order valence-corrected chi connectivity index (χ2v) is 11.8. The third-order valence-corrected chi connectivity index (χ3v) is 8.53. The Labute approximate surface area is 238 Å². The monoisotopic (exact) mass is 592 g/mol. The second kappa shape index (κ2) is 11.7. The molecule has 8 nitrogen and oxygen atoms in total. The van der Waals surface area contributed by atoms with Gasteiger partial charge in [0.2, 0.25) is 0 Å². The van der Waals surface area contributed by atoms with Crippen molar-refractivity contribution < 1.29 is 19.4 Å². The van der Waals surface area contributed by atoms with E-state index in [1.807, 2.05) is 19.9 Å². The van der Waals surface area contributed by atoms with Gasteiger partial charge in [0.15, 0.2) is 5.82 Å². The van der Waals surface area contributed by atoms with E-state index in [1.165, 1.54) is 11.1 Å². The molecule has 2 aromatic heterocycles. The van der Waals surface area contributed by atoms with Crippen LogP contribution in [-0.2, 0) is 28.8 Å². The Morgan fingerprint density at radius 3 is 2.72 bits per heavy atom. The van der Waals surface area contributed by atoms with Gasteiger partial charge in [0.25, 0.3) is 5.78 Å². The fourth-order valence-corrected chi connectivity index (χ4v) is 6.34. The van der Waals surface area contributed by atoms with Crippen molar-refractivity contribution in [1.82, 2.24) is 19.6 Å². The van der Waals surface area contributed by atoms with Crippen LogP contribution in [0.3, 0.4) is 0 Å². The zero-order valence-corrected chi connectivity index (χ0v) is 24.9. The average Bonchev–Trinajstić information content (AvgIpc) is 3.59. The Morgan fingerprint density at radius 1 is 1.21 bits per heavy atom. The Bertz CT molecular complexity index is 1400. The Hall–Kier alpha value is -2.86. The number of carbonyl (C=O) groups is 1. The molecule has 1 fully saturated rings. The topological polar surface area (TPSA) is 98.8 Å².